The van der Waals surface area contributed by atoms with Crippen LogP contribution in [0.2, 0.25) is 0 Å². The number of ether oxygens (including phenoxy) is 1. The van der Waals surface area contributed by atoms with E-state index in [0.29, 0.717) is 5.39 Å². The zero-order valence-electron chi connectivity index (χ0n) is 17.2. The standard InChI is InChI=1S/C21H21F3N4O3/c1-10(12-5-4-6-13(16(12)22)18(23)24)25-19-14-9-28(11-7-8-11)21(30)17(31-3)15(14)20(29)27(2)26-19/h4-6,9-11,18H,7-8H2,1-3H3,(H,25,26). The van der Waals surface area contributed by atoms with E-state index < -0.39 is 35.0 Å². The first-order valence-electron chi connectivity index (χ1n) is 9.77. The maximum Gasteiger partial charge on any atom is 0.294 e. The minimum absolute atomic E-state index is 0.0142. The number of benzene rings is 1. The van der Waals surface area contributed by atoms with E-state index in [1.54, 1.807) is 13.1 Å². The van der Waals surface area contributed by atoms with Crippen LogP contribution in [0.1, 0.15) is 49.4 Å². The Kier molecular flexibility index (Phi) is 5.24. The number of alkyl halides is 2. The van der Waals surface area contributed by atoms with Crippen molar-refractivity contribution in [1.29, 1.82) is 0 Å². The number of aryl methyl sites for hydroxylation is 1. The molecule has 2 heterocycles. The van der Waals surface area contributed by atoms with Crippen LogP contribution in [0.15, 0.2) is 34.0 Å². The molecule has 1 atom stereocenters. The fourth-order valence-electron chi connectivity index (χ4n) is 3.69. The first-order valence-corrected chi connectivity index (χ1v) is 9.77. The van der Waals surface area contributed by atoms with Crippen LogP contribution in [-0.4, -0.2) is 21.5 Å². The molecule has 0 spiro atoms. The number of hydrogen-bond acceptors (Lipinski definition) is 5. The van der Waals surface area contributed by atoms with E-state index in [9.17, 15) is 22.8 Å². The summed E-state index contributed by atoms with van der Waals surface area (Å²) in [7, 11) is 2.73. The second kappa shape index (κ2) is 7.75. The first kappa shape index (κ1) is 21.0. The monoisotopic (exact) mass is 434 g/mol. The van der Waals surface area contributed by atoms with E-state index in [1.807, 2.05) is 0 Å². The summed E-state index contributed by atoms with van der Waals surface area (Å²) in [4.78, 5) is 25.5. The Morgan fingerprint density at radius 2 is 1.87 bits per heavy atom. The predicted molar refractivity (Wildman–Crippen MR) is 109 cm³/mol. The third-order valence-electron chi connectivity index (χ3n) is 5.46. The van der Waals surface area contributed by atoms with E-state index in [-0.39, 0.29) is 28.6 Å². The van der Waals surface area contributed by atoms with Crippen LogP contribution in [-0.2, 0) is 7.05 Å². The molecule has 1 aliphatic rings. The number of nitrogens with zero attached hydrogens (tertiary/aromatic N) is 3. The van der Waals surface area contributed by atoms with Crippen molar-refractivity contribution in [3.05, 3.63) is 62.0 Å². The number of anilines is 1. The van der Waals surface area contributed by atoms with E-state index in [1.165, 1.54) is 30.9 Å². The maximum atomic E-state index is 14.6. The fraction of sp³-hybridized carbons (Fsp3) is 0.381. The van der Waals surface area contributed by atoms with Crippen LogP contribution in [0.25, 0.3) is 10.8 Å². The molecule has 164 valence electrons. The maximum absolute atomic E-state index is 14.6. The highest BCUT2D eigenvalue weighted by atomic mass is 19.3. The van der Waals surface area contributed by atoms with Gasteiger partial charge < -0.3 is 14.6 Å². The molecule has 7 nitrogen and oxygen atoms in total. The number of pyridine rings is 1. The first-order chi connectivity index (χ1) is 14.7. The van der Waals surface area contributed by atoms with Crippen molar-refractivity contribution < 1.29 is 17.9 Å². The molecule has 2 aromatic heterocycles. The molecule has 3 aromatic rings. The van der Waals surface area contributed by atoms with E-state index >= 15 is 0 Å². The average molecular weight is 434 g/mol. The highest BCUT2D eigenvalue weighted by molar-refractivity contribution is 5.94. The molecular weight excluding hydrogens is 413 g/mol. The van der Waals surface area contributed by atoms with Crippen LogP contribution >= 0.6 is 0 Å². The minimum Gasteiger partial charge on any atom is -0.490 e. The molecular formula is C21H21F3N4O3. The van der Waals surface area contributed by atoms with Crippen molar-refractivity contribution in [2.45, 2.75) is 38.3 Å². The van der Waals surface area contributed by atoms with Crippen molar-refractivity contribution >= 4 is 16.6 Å². The summed E-state index contributed by atoms with van der Waals surface area (Å²) in [5, 5.41) is 7.63. The van der Waals surface area contributed by atoms with Gasteiger partial charge in [0.1, 0.15) is 11.2 Å². The molecule has 1 aliphatic carbocycles. The highest BCUT2D eigenvalue weighted by Gasteiger charge is 2.29. The molecule has 0 saturated heterocycles. The summed E-state index contributed by atoms with van der Waals surface area (Å²) in [6.07, 6.45) is 0.267. The Morgan fingerprint density at radius 1 is 1.19 bits per heavy atom. The quantitative estimate of drug-likeness (QED) is 0.640. The van der Waals surface area contributed by atoms with Crippen molar-refractivity contribution in [2.75, 3.05) is 12.4 Å². The smallest absolute Gasteiger partial charge is 0.294 e. The summed E-state index contributed by atoms with van der Waals surface area (Å²) < 4.78 is 48.6. The van der Waals surface area contributed by atoms with Gasteiger partial charge in [-0.2, -0.15) is 5.10 Å². The number of rotatable bonds is 6. The minimum atomic E-state index is -2.94. The molecule has 1 aromatic carbocycles. The summed E-state index contributed by atoms with van der Waals surface area (Å²) in [6.45, 7) is 1.60. The Morgan fingerprint density at radius 3 is 2.48 bits per heavy atom. The largest absolute Gasteiger partial charge is 0.490 e. The van der Waals surface area contributed by atoms with Crippen molar-refractivity contribution in [3.63, 3.8) is 0 Å². The third kappa shape index (κ3) is 3.55. The molecule has 0 bridgehead atoms. The van der Waals surface area contributed by atoms with Crippen molar-refractivity contribution in [2.24, 2.45) is 7.05 Å². The Hall–Kier alpha value is -3.30. The van der Waals surface area contributed by atoms with Crippen LogP contribution < -0.4 is 21.2 Å². The van der Waals surface area contributed by atoms with Gasteiger partial charge in [0, 0.05) is 24.8 Å². The van der Waals surface area contributed by atoms with Gasteiger partial charge in [-0.1, -0.05) is 18.2 Å². The SMILES string of the molecule is COc1c(=O)n(C2CC2)cc2c(NC(C)c3cccc(C(F)F)c3F)nn(C)c(=O)c12. The number of fused-ring (bicyclic) bond motifs is 1. The molecule has 1 saturated carbocycles. The molecule has 1 fully saturated rings. The van der Waals surface area contributed by atoms with Gasteiger partial charge in [0.2, 0.25) is 0 Å². The second-order valence-electron chi connectivity index (χ2n) is 7.59. The summed E-state index contributed by atoms with van der Waals surface area (Å²) in [5.41, 5.74) is -1.58. The number of aromatic nitrogens is 3. The zero-order chi connectivity index (χ0) is 22.4. The molecule has 4 rings (SSSR count). The van der Waals surface area contributed by atoms with Crippen molar-refractivity contribution in [3.8, 4) is 5.75 Å². The van der Waals surface area contributed by atoms with E-state index in [4.69, 9.17) is 4.74 Å². The molecule has 0 aliphatic heterocycles. The lowest BCUT2D eigenvalue weighted by molar-refractivity contribution is 0.146. The Balaban J connectivity index is 1.88. The zero-order valence-corrected chi connectivity index (χ0v) is 17.2. The molecule has 0 amide bonds. The second-order valence-corrected chi connectivity index (χ2v) is 7.59. The molecule has 0 radical (unpaired) electrons. The topological polar surface area (TPSA) is 78.2 Å². The highest BCUT2D eigenvalue weighted by Crippen LogP contribution is 2.36. The van der Waals surface area contributed by atoms with Gasteiger partial charge in [0.25, 0.3) is 17.5 Å². The molecule has 10 heteroatoms. The molecule has 1 unspecified atom stereocenters. The number of halogens is 3. The van der Waals surface area contributed by atoms with Gasteiger partial charge in [-0.15, -0.1) is 0 Å². The van der Waals surface area contributed by atoms with Gasteiger partial charge in [-0.25, -0.2) is 17.9 Å². The number of methoxy groups -OCH3 is 1. The van der Waals surface area contributed by atoms with Gasteiger partial charge in [0.05, 0.1) is 24.1 Å². The average Bonchev–Trinajstić information content (AvgIpc) is 3.56. The summed E-state index contributed by atoms with van der Waals surface area (Å²) in [6, 6.07) is 3.07. The summed E-state index contributed by atoms with van der Waals surface area (Å²) >= 11 is 0. The van der Waals surface area contributed by atoms with Crippen LogP contribution in [0.3, 0.4) is 0 Å². The van der Waals surface area contributed by atoms with E-state index in [2.05, 4.69) is 10.4 Å². The van der Waals surface area contributed by atoms with Crippen molar-refractivity contribution in [1.82, 2.24) is 14.3 Å². The molecule has 31 heavy (non-hydrogen) atoms. The van der Waals surface area contributed by atoms with Gasteiger partial charge in [0.15, 0.2) is 11.6 Å². The Bertz CT molecular complexity index is 1280. The van der Waals surface area contributed by atoms with E-state index in [0.717, 1.165) is 23.6 Å². The normalized spacial score (nSPS) is 14.8. The van der Waals surface area contributed by atoms with Gasteiger partial charge in [-0.05, 0) is 19.8 Å². The third-order valence-corrected chi connectivity index (χ3v) is 5.46. The lowest BCUT2D eigenvalue weighted by Crippen LogP contribution is -2.28. The lowest BCUT2D eigenvalue weighted by Gasteiger charge is -2.20. The molecule has 1 N–H and O–H groups in total. The number of nitrogens with one attached hydrogen (secondary N) is 1. The van der Waals surface area contributed by atoms with Crippen LogP contribution in [0, 0.1) is 5.82 Å². The lowest BCUT2D eigenvalue weighted by atomic mass is 10.0. The Labute approximate surface area is 175 Å². The predicted octanol–water partition coefficient (Wildman–Crippen LogP) is 3.69. The van der Waals surface area contributed by atoms with Gasteiger partial charge in [-0.3, -0.25) is 9.59 Å². The summed E-state index contributed by atoms with van der Waals surface area (Å²) in [5.74, 6) is -0.882. The van der Waals surface area contributed by atoms with Gasteiger partial charge >= 0.3 is 0 Å². The number of hydrogen-bond donors (Lipinski definition) is 1. The fourth-order valence-corrected chi connectivity index (χ4v) is 3.69. The van der Waals surface area contributed by atoms with Crippen LogP contribution in [0.5, 0.6) is 5.75 Å². The van der Waals surface area contributed by atoms with Crippen LogP contribution in [0.4, 0.5) is 19.0 Å².